The van der Waals surface area contributed by atoms with Crippen molar-refractivity contribution in [3.63, 3.8) is 0 Å². The lowest BCUT2D eigenvalue weighted by atomic mass is 9.80. The Hall–Kier alpha value is -1.04. The van der Waals surface area contributed by atoms with Gasteiger partial charge in [0.25, 0.3) is 0 Å². The molecule has 20 heavy (non-hydrogen) atoms. The summed E-state index contributed by atoms with van der Waals surface area (Å²) in [5, 5.41) is 0. The Morgan fingerprint density at radius 2 is 1.30 bits per heavy atom. The van der Waals surface area contributed by atoms with Gasteiger partial charge in [-0.15, -0.1) is 0 Å². The minimum absolute atomic E-state index is 0.236. The molecular weight excluding hydrogens is 240 g/mol. The van der Waals surface area contributed by atoms with E-state index in [1.807, 2.05) is 13.8 Å². The molecule has 0 saturated carbocycles. The molecule has 0 heterocycles. The minimum atomic E-state index is 0.236. The molecule has 1 aromatic carbocycles. The standard InChI is InChI=1S/C18H28.C2H6/c1-14(2)18(6,7)13-12-15-8-10-16(11-9-15)17(3,4)5;1-2/h8-14H,1-7H3;1-2H3/b13-12+;. The van der Waals surface area contributed by atoms with Crippen LogP contribution < -0.4 is 0 Å². The van der Waals surface area contributed by atoms with Gasteiger partial charge in [-0.25, -0.2) is 0 Å². The molecule has 0 nitrogen and oxygen atoms in total. The van der Waals surface area contributed by atoms with Crippen LogP contribution in [0.1, 0.15) is 73.4 Å². The van der Waals surface area contributed by atoms with Gasteiger partial charge in [-0.1, -0.05) is 98.7 Å². The normalized spacial score (nSPS) is 12.5. The largest absolute Gasteiger partial charge is 0.0780 e. The van der Waals surface area contributed by atoms with Crippen LogP contribution in [0.4, 0.5) is 0 Å². The molecule has 0 amide bonds. The summed E-state index contributed by atoms with van der Waals surface area (Å²) in [6.07, 6.45) is 4.57. The lowest BCUT2D eigenvalue weighted by molar-refractivity contribution is 0.335. The highest BCUT2D eigenvalue weighted by Gasteiger charge is 2.18. The van der Waals surface area contributed by atoms with E-state index in [2.05, 4.69) is 84.9 Å². The summed E-state index contributed by atoms with van der Waals surface area (Å²) in [7, 11) is 0. The highest BCUT2D eigenvalue weighted by atomic mass is 14.2. The summed E-state index contributed by atoms with van der Waals surface area (Å²) in [5.41, 5.74) is 3.17. The van der Waals surface area contributed by atoms with Crippen molar-refractivity contribution in [2.75, 3.05) is 0 Å². The summed E-state index contributed by atoms with van der Waals surface area (Å²) in [5.74, 6) is 0.655. The summed E-state index contributed by atoms with van der Waals surface area (Å²) in [6.45, 7) is 19.9. The predicted octanol–water partition coefficient (Wildman–Crippen LogP) is 6.71. The first kappa shape index (κ1) is 19.0. The Morgan fingerprint density at radius 1 is 0.850 bits per heavy atom. The lowest BCUT2D eigenvalue weighted by Gasteiger charge is -2.25. The van der Waals surface area contributed by atoms with Gasteiger partial charge in [-0.05, 0) is 27.9 Å². The fraction of sp³-hybridized carbons (Fsp3) is 0.600. The molecule has 0 radical (unpaired) electrons. The molecule has 0 aliphatic carbocycles. The van der Waals surface area contributed by atoms with E-state index < -0.39 is 0 Å². The van der Waals surface area contributed by atoms with Crippen LogP contribution in [0.25, 0.3) is 6.08 Å². The third-order valence-electron chi connectivity index (χ3n) is 3.97. The summed E-state index contributed by atoms with van der Waals surface area (Å²) >= 11 is 0. The van der Waals surface area contributed by atoms with Gasteiger partial charge in [0, 0.05) is 0 Å². The van der Waals surface area contributed by atoms with E-state index >= 15 is 0 Å². The lowest BCUT2D eigenvalue weighted by Crippen LogP contribution is -2.15. The maximum absolute atomic E-state index is 2.32. The number of benzene rings is 1. The first-order chi connectivity index (χ1) is 9.13. The molecule has 0 spiro atoms. The fourth-order valence-electron chi connectivity index (χ4n) is 1.60. The van der Waals surface area contributed by atoms with E-state index in [0.29, 0.717) is 5.92 Å². The zero-order valence-electron chi connectivity index (χ0n) is 15.0. The highest BCUT2D eigenvalue weighted by molar-refractivity contribution is 5.51. The van der Waals surface area contributed by atoms with E-state index in [9.17, 15) is 0 Å². The Morgan fingerprint density at radius 3 is 1.65 bits per heavy atom. The smallest absolute Gasteiger partial charge is 0.0132 e. The molecule has 0 saturated heterocycles. The molecule has 0 bridgehead atoms. The second-order valence-corrected chi connectivity index (χ2v) is 7.18. The van der Waals surface area contributed by atoms with Crippen molar-refractivity contribution in [2.24, 2.45) is 11.3 Å². The molecule has 1 rings (SSSR count). The molecule has 0 aliphatic rings. The minimum Gasteiger partial charge on any atom is -0.0780 e. The van der Waals surface area contributed by atoms with Crippen molar-refractivity contribution in [2.45, 2.75) is 67.7 Å². The topological polar surface area (TPSA) is 0 Å². The van der Waals surface area contributed by atoms with Gasteiger partial charge < -0.3 is 0 Å². The van der Waals surface area contributed by atoms with Crippen LogP contribution in [-0.4, -0.2) is 0 Å². The fourth-order valence-corrected chi connectivity index (χ4v) is 1.60. The van der Waals surface area contributed by atoms with Crippen LogP contribution in [0.5, 0.6) is 0 Å². The first-order valence-electron chi connectivity index (χ1n) is 7.93. The molecule has 1 aromatic rings. The SMILES string of the molecule is CC.CC(C)C(C)(C)/C=C/c1ccc(C(C)(C)C)cc1. The molecule has 0 N–H and O–H groups in total. The van der Waals surface area contributed by atoms with Gasteiger partial charge in [0.15, 0.2) is 0 Å². The van der Waals surface area contributed by atoms with Gasteiger partial charge in [0.05, 0.1) is 0 Å². The molecule has 0 heteroatoms. The monoisotopic (exact) mass is 274 g/mol. The van der Waals surface area contributed by atoms with Crippen LogP contribution in [0.2, 0.25) is 0 Å². The van der Waals surface area contributed by atoms with E-state index in [1.165, 1.54) is 11.1 Å². The number of hydrogen-bond donors (Lipinski definition) is 0. The highest BCUT2D eigenvalue weighted by Crippen LogP contribution is 2.29. The average Bonchev–Trinajstić information content (AvgIpc) is 2.38. The number of hydrogen-bond acceptors (Lipinski definition) is 0. The van der Waals surface area contributed by atoms with E-state index in [-0.39, 0.29) is 10.8 Å². The summed E-state index contributed by atoms with van der Waals surface area (Å²) in [4.78, 5) is 0. The van der Waals surface area contributed by atoms with Crippen molar-refractivity contribution >= 4 is 6.08 Å². The van der Waals surface area contributed by atoms with Gasteiger partial charge in [0.1, 0.15) is 0 Å². The van der Waals surface area contributed by atoms with Crippen LogP contribution in [-0.2, 0) is 5.41 Å². The van der Waals surface area contributed by atoms with Gasteiger partial charge in [-0.2, -0.15) is 0 Å². The Balaban J connectivity index is 0.00000172. The van der Waals surface area contributed by atoms with Crippen LogP contribution >= 0.6 is 0 Å². The van der Waals surface area contributed by atoms with Crippen molar-refractivity contribution in [1.29, 1.82) is 0 Å². The van der Waals surface area contributed by atoms with Crippen LogP contribution in [0.15, 0.2) is 30.3 Å². The Bertz CT molecular complexity index is 397. The molecule has 114 valence electrons. The van der Waals surface area contributed by atoms with E-state index in [4.69, 9.17) is 0 Å². The number of rotatable bonds is 3. The second-order valence-electron chi connectivity index (χ2n) is 7.18. The molecule has 0 aliphatic heterocycles. The molecular formula is C20H34. The van der Waals surface area contributed by atoms with Crippen molar-refractivity contribution < 1.29 is 0 Å². The second kappa shape index (κ2) is 7.67. The van der Waals surface area contributed by atoms with Gasteiger partial charge in [-0.3, -0.25) is 0 Å². The van der Waals surface area contributed by atoms with Crippen molar-refractivity contribution in [1.82, 2.24) is 0 Å². The van der Waals surface area contributed by atoms with Crippen molar-refractivity contribution in [3.8, 4) is 0 Å². The van der Waals surface area contributed by atoms with Gasteiger partial charge in [0.2, 0.25) is 0 Å². The van der Waals surface area contributed by atoms with Crippen LogP contribution in [0.3, 0.4) is 0 Å². The summed E-state index contributed by atoms with van der Waals surface area (Å²) < 4.78 is 0. The van der Waals surface area contributed by atoms with Gasteiger partial charge >= 0.3 is 0 Å². The predicted molar refractivity (Wildman–Crippen MR) is 94.1 cm³/mol. The van der Waals surface area contributed by atoms with E-state index in [0.717, 1.165) is 0 Å². The average molecular weight is 274 g/mol. The molecule has 0 aromatic heterocycles. The zero-order valence-corrected chi connectivity index (χ0v) is 15.0. The molecule has 0 fully saturated rings. The third kappa shape index (κ3) is 5.94. The Labute approximate surface area is 127 Å². The van der Waals surface area contributed by atoms with Crippen LogP contribution in [0, 0.1) is 11.3 Å². The first-order valence-corrected chi connectivity index (χ1v) is 7.93. The maximum atomic E-state index is 2.32. The number of allylic oxidation sites excluding steroid dienone is 1. The maximum Gasteiger partial charge on any atom is -0.0132 e. The van der Waals surface area contributed by atoms with E-state index in [1.54, 1.807) is 0 Å². The van der Waals surface area contributed by atoms with Crippen molar-refractivity contribution in [3.05, 3.63) is 41.5 Å². The third-order valence-corrected chi connectivity index (χ3v) is 3.97. The zero-order chi connectivity index (χ0) is 16.0. The summed E-state index contributed by atoms with van der Waals surface area (Å²) in [6, 6.07) is 8.91. The molecule has 0 unspecified atom stereocenters. The Kier molecular flexibility index (Phi) is 7.27. The molecule has 0 atom stereocenters. The quantitative estimate of drug-likeness (QED) is 0.575.